The molecular formula is C19H32N2. The summed E-state index contributed by atoms with van der Waals surface area (Å²) in [5.41, 5.74) is 9.22. The molecule has 1 fully saturated rings. The van der Waals surface area contributed by atoms with Crippen LogP contribution < -0.4 is 5.73 Å². The van der Waals surface area contributed by atoms with Crippen molar-refractivity contribution in [2.24, 2.45) is 17.1 Å². The summed E-state index contributed by atoms with van der Waals surface area (Å²) in [7, 11) is 0. The van der Waals surface area contributed by atoms with Gasteiger partial charge in [-0.15, -0.1) is 0 Å². The maximum atomic E-state index is 6.10. The van der Waals surface area contributed by atoms with E-state index in [0.717, 1.165) is 5.92 Å². The molecule has 2 heteroatoms. The van der Waals surface area contributed by atoms with Gasteiger partial charge in [0.15, 0.2) is 0 Å². The first-order valence-electron chi connectivity index (χ1n) is 8.42. The van der Waals surface area contributed by atoms with Gasteiger partial charge >= 0.3 is 0 Å². The molecule has 2 N–H and O–H groups in total. The van der Waals surface area contributed by atoms with Crippen LogP contribution >= 0.6 is 0 Å². The zero-order valence-electron chi connectivity index (χ0n) is 14.2. The molecule has 0 aromatic heterocycles. The zero-order chi connectivity index (χ0) is 15.5. The van der Waals surface area contributed by atoms with Gasteiger partial charge in [-0.1, -0.05) is 50.6 Å². The van der Waals surface area contributed by atoms with Crippen LogP contribution in [0, 0.1) is 18.3 Å². The Morgan fingerprint density at radius 3 is 2.38 bits per heavy atom. The maximum absolute atomic E-state index is 6.10. The van der Waals surface area contributed by atoms with E-state index in [2.05, 4.69) is 56.9 Å². The van der Waals surface area contributed by atoms with Crippen molar-refractivity contribution >= 4 is 0 Å². The smallest absolute Gasteiger partial charge is 0.0470 e. The van der Waals surface area contributed by atoms with E-state index >= 15 is 0 Å². The van der Waals surface area contributed by atoms with E-state index < -0.39 is 0 Å². The quantitative estimate of drug-likeness (QED) is 0.905. The Morgan fingerprint density at radius 1 is 1.14 bits per heavy atom. The summed E-state index contributed by atoms with van der Waals surface area (Å²) in [6.07, 6.45) is 3.95. The molecule has 0 amide bonds. The van der Waals surface area contributed by atoms with Crippen LogP contribution in [-0.4, -0.2) is 24.5 Å². The first kappa shape index (κ1) is 16.5. The van der Waals surface area contributed by atoms with Crippen molar-refractivity contribution in [1.29, 1.82) is 0 Å². The van der Waals surface area contributed by atoms with Crippen molar-refractivity contribution in [2.45, 2.75) is 53.0 Å². The number of nitrogens with two attached hydrogens (primary N) is 1. The SMILES string of the molecule is Cc1ccc(C(CN)N2CCCC(C(C)(C)C)CC2)cc1. The highest BCUT2D eigenvalue weighted by atomic mass is 15.2. The van der Waals surface area contributed by atoms with Crippen LogP contribution in [0.4, 0.5) is 0 Å². The number of hydrogen-bond acceptors (Lipinski definition) is 2. The molecule has 1 aromatic carbocycles. The van der Waals surface area contributed by atoms with Crippen LogP contribution in [0.25, 0.3) is 0 Å². The Labute approximate surface area is 130 Å². The lowest BCUT2D eigenvalue weighted by Crippen LogP contribution is -2.35. The van der Waals surface area contributed by atoms with E-state index in [4.69, 9.17) is 5.73 Å². The molecule has 0 spiro atoms. The second-order valence-electron chi connectivity index (χ2n) is 7.69. The van der Waals surface area contributed by atoms with Gasteiger partial charge in [-0.2, -0.15) is 0 Å². The summed E-state index contributed by atoms with van der Waals surface area (Å²) in [4.78, 5) is 2.61. The van der Waals surface area contributed by atoms with E-state index in [1.54, 1.807) is 0 Å². The summed E-state index contributed by atoms with van der Waals surface area (Å²) in [5, 5.41) is 0. The molecule has 2 nitrogen and oxygen atoms in total. The second-order valence-corrected chi connectivity index (χ2v) is 7.69. The Kier molecular flexibility index (Phi) is 5.45. The first-order valence-corrected chi connectivity index (χ1v) is 8.42. The first-order chi connectivity index (χ1) is 9.91. The molecule has 0 bridgehead atoms. The van der Waals surface area contributed by atoms with Crippen LogP contribution in [0.3, 0.4) is 0 Å². The van der Waals surface area contributed by atoms with Gasteiger partial charge in [0.05, 0.1) is 0 Å². The molecule has 2 unspecified atom stereocenters. The minimum Gasteiger partial charge on any atom is -0.329 e. The Morgan fingerprint density at radius 2 is 1.81 bits per heavy atom. The molecule has 2 rings (SSSR count). The predicted molar refractivity (Wildman–Crippen MR) is 91.3 cm³/mol. The summed E-state index contributed by atoms with van der Waals surface area (Å²) in [6, 6.07) is 9.28. The normalized spacial score (nSPS) is 22.8. The lowest BCUT2D eigenvalue weighted by molar-refractivity contribution is 0.185. The number of nitrogens with zero attached hydrogens (tertiary/aromatic N) is 1. The molecule has 1 aromatic rings. The van der Waals surface area contributed by atoms with Gasteiger partial charge in [-0.05, 0) is 56.2 Å². The van der Waals surface area contributed by atoms with Crippen molar-refractivity contribution in [2.75, 3.05) is 19.6 Å². The van der Waals surface area contributed by atoms with Crippen LogP contribution in [0.2, 0.25) is 0 Å². The molecule has 2 atom stereocenters. The minimum absolute atomic E-state index is 0.379. The van der Waals surface area contributed by atoms with Gasteiger partial charge in [-0.3, -0.25) is 4.90 Å². The Balaban J connectivity index is 2.07. The fourth-order valence-corrected chi connectivity index (χ4v) is 3.58. The molecule has 0 saturated carbocycles. The third kappa shape index (κ3) is 4.31. The largest absolute Gasteiger partial charge is 0.329 e. The topological polar surface area (TPSA) is 29.3 Å². The Hall–Kier alpha value is -0.860. The van der Waals surface area contributed by atoms with Crippen molar-refractivity contribution in [3.8, 4) is 0 Å². The molecule has 0 aliphatic carbocycles. The highest BCUT2D eigenvalue weighted by molar-refractivity contribution is 5.24. The van der Waals surface area contributed by atoms with Crippen molar-refractivity contribution < 1.29 is 0 Å². The molecule has 1 aliphatic heterocycles. The van der Waals surface area contributed by atoms with Crippen molar-refractivity contribution in [3.63, 3.8) is 0 Å². The molecule has 1 heterocycles. The lowest BCUT2D eigenvalue weighted by Gasteiger charge is -2.32. The zero-order valence-corrected chi connectivity index (χ0v) is 14.2. The van der Waals surface area contributed by atoms with Crippen molar-refractivity contribution in [3.05, 3.63) is 35.4 Å². The van der Waals surface area contributed by atoms with E-state index in [0.29, 0.717) is 18.0 Å². The van der Waals surface area contributed by atoms with Crippen molar-refractivity contribution in [1.82, 2.24) is 4.90 Å². The molecular weight excluding hydrogens is 256 g/mol. The van der Waals surface area contributed by atoms with E-state index in [-0.39, 0.29) is 0 Å². The van der Waals surface area contributed by atoms with Crippen LogP contribution in [0.5, 0.6) is 0 Å². The average Bonchev–Trinajstić information content (AvgIpc) is 2.67. The third-order valence-electron chi connectivity index (χ3n) is 5.11. The van der Waals surface area contributed by atoms with Gasteiger partial charge in [0.25, 0.3) is 0 Å². The maximum Gasteiger partial charge on any atom is 0.0470 e. The summed E-state index contributed by atoms with van der Waals surface area (Å²) < 4.78 is 0. The number of aryl methyl sites for hydroxylation is 1. The summed E-state index contributed by atoms with van der Waals surface area (Å²) in [5.74, 6) is 0.832. The van der Waals surface area contributed by atoms with Crippen LogP contribution in [0.15, 0.2) is 24.3 Å². The third-order valence-corrected chi connectivity index (χ3v) is 5.11. The highest BCUT2D eigenvalue weighted by Gasteiger charge is 2.29. The fraction of sp³-hybridized carbons (Fsp3) is 0.684. The van der Waals surface area contributed by atoms with Crippen LogP contribution in [-0.2, 0) is 0 Å². The second kappa shape index (κ2) is 6.93. The van der Waals surface area contributed by atoms with E-state index in [1.807, 2.05) is 0 Å². The fourth-order valence-electron chi connectivity index (χ4n) is 3.58. The standard InChI is InChI=1S/C19H32N2/c1-15-7-9-16(10-8-15)18(14-20)21-12-5-6-17(11-13-21)19(2,3)4/h7-10,17-18H,5-6,11-14,20H2,1-4H3. The monoisotopic (exact) mass is 288 g/mol. The van der Waals surface area contributed by atoms with Crippen LogP contribution in [0.1, 0.15) is 57.2 Å². The average molecular weight is 288 g/mol. The Bertz CT molecular complexity index is 430. The van der Waals surface area contributed by atoms with Gasteiger partial charge in [-0.25, -0.2) is 0 Å². The molecule has 118 valence electrons. The number of benzene rings is 1. The lowest BCUT2D eigenvalue weighted by atomic mass is 9.77. The van der Waals surface area contributed by atoms with Gasteiger partial charge in [0, 0.05) is 12.6 Å². The number of hydrogen-bond donors (Lipinski definition) is 1. The molecule has 0 radical (unpaired) electrons. The van der Waals surface area contributed by atoms with Gasteiger partial charge in [0.1, 0.15) is 0 Å². The molecule has 21 heavy (non-hydrogen) atoms. The van der Waals surface area contributed by atoms with E-state index in [1.165, 1.54) is 43.5 Å². The predicted octanol–water partition coefficient (Wildman–Crippen LogP) is 4.14. The summed E-state index contributed by atoms with van der Waals surface area (Å²) in [6.45, 7) is 12.4. The number of rotatable bonds is 3. The highest BCUT2D eigenvalue weighted by Crippen LogP contribution is 2.35. The molecule has 1 saturated heterocycles. The molecule has 1 aliphatic rings. The van der Waals surface area contributed by atoms with E-state index in [9.17, 15) is 0 Å². The minimum atomic E-state index is 0.379. The summed E-state index contributed by atoms with van der Waals surface area (Å²) >= 11 is 0. The number of likely N-dealkylation sites (tertiary alicyclic amines) is 1. The van der Waals surface area contributed by atoms with Gasteiger partial charge in [0.2, 0.25) is 0 Å². The van der Waals surface area contributed by atoms with Gasteiger partial charge < -0.3 is 5.73 Å².